The third-order valence-electron chi connectivity index (χ3n) is 11.7. The zero-order valence-corrected chi connectivity index (χ0v) is 37.3. The van der Waals surface area contributed by atoms with E-state index in [9.17, 15) is 5.11 Å². The minimum Gasteiger partial charge on any atom is -0.385 e. The molecule has 2 saturated heterocycles. The summed E-state index contributed by atoms with van der Waals surface area (Å²) in [7, 11) is 1.57. The average Bonchev–Trinajstić information content (AvgIpc) is 3.37. The maximum Gasteiger partial charge on any atom is 0.187 e. The Balaban J connectivity index is 1.13. The Morgan fingerprint density at radius 2 is 0.667 bits per heavy atom. The van der Waals surface area contributed by atoms with Crippen LogP contribution >= 0.6 is 0 Å². The van der Waals surface area contributed by atoms with Gasteiger partial charge >= 0.3 is 0 Å². The minimum absolute atomic E-state index is 0.110. The van der Waals surface area contributed by atoms with Gasteiger partial charge in [-0.1, -0.05) is 182 Å². The summed E-state index contributed by atoms with van der Waals surface area (Å²) in [6.45, 7) is 1.84. The Hall–Kier alpha value is -5.12. The van der Waals surface area contributed by atoms with Crippen molar-refractivity contribution in [1.82, 2.24) is 0 Å². The van der Waals surface area contributed by atoms with E-state index in [-0.39, 0.29) is 39.6 Å². The first-order valence-electron chi connectivity index (χ1n) is 22.6. The zero-order chi connectivity index (χ0) is 45.2. The summed E-state index contributed by atoms with van der Waals surface area (Å²) in [6, 6.07) is 59.4. The number of aliphatic hydroxyl groups is 1. The molecule has 346 valence electrons. The number of benzene rings is 6. The van der Waals surface area contributed by atoms with Gasteiger partial charge in [-0.15, -0.1) is 0 Å². The Morgan fingerprint density at radius 3 is 1.03 bits per heavy atom. The van der Waals surface area contributed by atoms with E-state index in [1.807, 2.05) is 182 Å². The van der Waals surface area contributed by atoms with Gasteiger partial charge in [0.15, 0.2) is 12.6 Å². The van der Waals surface area contributed by atoms with Crippen molar-refractivity contribution >= 4 is 0 Å². The lowest BCUT2D eigenvalue weighted by atomic mass is 9.96. The van der Waals surface area contributed by atoms with E-state index in [0.29, 0.717) is 13.2 Å². The van der Waals surface area contributed by atoms with Crippen LogP contribution in [0, 0.1) is 0 Å². The van der Waals surface area contributed by atoms with E-state index >= 15 is 0 Å². The van der Waals surface area contributed by atoms with Crippen molar-refractivity contribution in [2.24, 2.45) is 0 Å². The van der Waals surface area contributed by atoms with E-state index in [0.717, 1.165) is 33.4 Å². The predicted molar refractivity (Wildman–Crippen MR) is 247 cm³/mol. The molecule has 0 amide bonds. The summed E-state index contributed by atoms with van der Waals surface area (Å²) in [6.07, 6.45) is -9.26. The van der Waals surface area contributed by atoms with Crippen LogP contribution in [0.1, 0.15) is 33.4 Å². The van der Waals surface area contributed by atoms with Crippen LogP contribution in [-0.2, 0) is 87.0 Å². The van der Waals surface area contributed by atoms with Crippen molar-refractivity contribution in [3.63, 3.8) is 0 Å². The minimum atomic E-state index is -1.35. The van der Waals surface area contributed by atoms with Gasteiger partial charge in [-0.2, -0.15) is 0 Å². The van der Waals surface area contributed by atoms with Gasteiger partial charge in [0.1, 0.15) is 48.8 Å². The van der Waals surface area contributed by atoms with Gasteiger partial charge in [-0.05, 0) is 33.4 Å². The van der Waals surface area contributed by atoms with Crippen LogP contribution < -0.4 is 0 Å². The van der Waals surface area contributed by atoms with Crippen molar-refractivity contribution in [2.45, 2.75) is 101 Å². The first-order chi connectivity index (χ1) is 32.6. The van der Waals surface area contributed by atoms with E-state index < -0.39 is 61.4 Å². The van der Waals surface area contributed by atoms with Crippen LogP contribution in [0.3, 0.4) is 0 Å². The Morgan fingerprint density at radius 1 is 0.364 bits per heavy atom. The molecule has 0 spiro atoms. The molecule has 0 bridgehead atoms. The third-order valence-corrected chi connectivity index (χ3v) is 11.7. The van der Waals surface area contributed by atoms with Crippen molar-refractivity contribution in [3.05, 3.63) is 215 Å². The highest BCUT2D eigenvalue weighted by atomic mass is 16.8. The maximum absolute atomic E-state index is 12.6. The molecule has 6 aromatic carbocycles. The van der Waals surface area contributed by atoms with E-state index in [2.05, 4.69) is 0 Å². The van der Waals surface area contributed by atoms with Crippen LogP contribution in [-0.4, -0.2) is 86.8 Å². The van der Waals surface area contributed by atoms with E-state index in [4.69, 9.17) is 47.4 Å². The van der Waals surface area contributed by atoms with Gasteiger partial charge in [0, 0.05) is 7.11 Å². The van der Waals surface area contributed by atoms with Gasteiger partial charge in [0.25, 0.3) is 0 Å². The molecule has 0 aromatic heterocycles. The molecule has 1 N–H and O–H groups in total. The number of aliphatic hydroxyl groups excluding tert-OH is 1. The molecule has 2 heterocycles. The summed E-state index contributed by atoms with van der Waals surface area (Å²) in [5.74, 6) is 0. The van der Waals surface area contributed by atoms with Crippen LogP contribution in [0.5, 0.6) is 0 Å². The van der Waals surface area contributed by atoms with Gasteiger partial charge in [0.05, 0.1) is 52.9 Å². The normalized spacial score (nSPS) is 25.4. The van der Waals surface area contributed by atoms with E-state index in [1.54, 1.807) is 7.11 Å². The second kappa shape index (κ2) is 25.1. The lowest BCUT2D eigenvalue weighted by molar-refractivity contribution is -0.373. The number of ether oxygens (including phenoxy) is 10. The first-order valence-corrected chi connectivity index (χ1v) is 22.6. The van der Waals surface area contributed by atoms with Crippen LogP contribution in [0.2, 0.25) is 0 Å². The molecular weight excluding hydrogens is 837 g/mol. The third kappa shape index (κ3) is 13.5. The van der Waals surface area contributed by atoms with Crippen molar-refractivity contribution < 1.29 is 52.5 Å². The van der Waals surface area contributed by atoms with Crippen molar-refractivity contribution in [1.29, 1.82) is 0 Å². The quantitative estimate of drug-likeness (QED) is 0.0668. The Kier molecular flexibility index (Phi) is 18.0. The second-order valence-electron chi connectivity index (χ2n) is 16.5. The maximum atomic E-state index is 12.6. The Bertz CT molecular complexity index is 2220. The molecular formula is C55H60O11. The highest BCUT2D eigenvalue weighted by Gasteiger charge is 2.54. The molecule has 2 aliphatic heterocycles. The van der Waals surface area contributed by atoms with Crippen LogP contribution in [0.15, 0.2) is 182 Å². The first kappa shape index (κ1) is 47.4. The SMILES string of the molecule is CO[C@H]1O[C@H](COCc2ccccc2)[C@@H](OCc2ccccc2)[C@H](O[C@@H]2O[C@H](COCc3ccccc3)[C@@H](OCc3ccccc3)[C@H](OCc3ccccc3)[C@@H]2O)[C@@H]1OCc1ccccc1. The predicted octanol–water partition coefficient (Wildman–Crippen LogP) is 8.60. The molecule has 0 saturated carbocycles. The molecule has 0 radical (unpaired) electrons. The highest BCUT2D eigenvalue weighted by molar-refractivity contribution is 5.18. The highest BCUT2D eigenvalue weighted by Crippen LogP contribution is 2.35. The summed E-state index contributed by atoms with van der Waals surface area (Å²) in [5.41, 5.74) is 5.81. The summed E-state index contributed by atoms with van der Waals surface area (Å²) < 4.78 is 66.4. The smallest absolute Gasteiger partial charge is 0.187 e. The topological polar surface area (TPSA) is 113 Å². The summed E-state index contributed by atoms with van der Waals surface area (Å²) in [4.78, 5) is 0. The second-order valence-corrected chi connectivity index (χ2v) is 16.5. The summed E-state index contributed by atoms with van der Waals surface area (Å²) >= 11 is 0. The molecule has 0 unspecified atom stereocenters. The fourth-order valence-electron chi connectivity index (χ4n) is 8.22. The van der Waals surface area contributed by atoms with Crippen molar-refractivity contribution in [3.8, 4) is 0 Å². The van der Waals surface area contributed by atoms with Crippen LogP contribution in [0.4, 0.5) is 0 Å². The molecule has 8 rings (SSSR count). The molecule has 0 aliphatic carbocycles. The molecule has 6 aromatic rings. The largest absolute Gasteiger partial charge is 0.385 e. The lowest BCUT2D eigenvalue weighted by Crippen LogP contribution is -2.66. The zero-order valence-electron chi connectivity index (χ0n) is 37.3. The van der Waals surface area contributed by atoms with Gasteiger partial charge in [-0.3, -0.25) is 0 Å². The monoisotopic (exact) mass is 896 g/mol. The lowest BCUT2D eigenvalue weighted by Gasteiger charge is -2.49. The molecule has 11 nitrogen and oxygen atoms in total. The molecule has 66 heavy (non-hydrogen) atoms. The van der Waals surface area contributed by atoms with Gasteiger partial charge in [-0.25, -0.2) is 0 Å². The summed E-state index contributed by atoms with van der Waals surface area (Å²) in [5, 5.41) is 12.6. The molecule has 10 atom stereocenters. The number of rotatable bonds is 23. The number of hydrogen-bond acceptors (Lipinski definition) is 11. The number of hydrogen-bond donors (Lipinski definition) is 1. The fraction of sp³-hybridized carbons (Fsp3) is 0.345. The molecule has 2 fully saturated rings. The standard InChI is InChI=1S/C55H60O11/c1-57-55-53(63-37-45-30-18-7-19-31-45)52(50(61-35-43-26-14-5-15-27-43)47(65-55)39-59-33-41-22-10-3-11-23-41)66-54-48(56)51(62-36-44-28-16-6-17-29-44)49(60-34-42-24-12-4-13-25-42)46(64-54)38-58-32-40-20-8-2-9-21-40/h2-31,46-56H,32-39H2,1H3/t46-,47-,48+,49-,50-,51-,52+,53+,54+,55+/m1/s1. The van der Waals surface area contributed by atoms with Gasteiger partial charge < -0.3 is 52.5 Å². The Labute approximate surface area is 388 Å². The fourth-order valence-corrected chi connectivity index (χ4v) is 8.22. The molecule has 2 aliphatic rings. The van der Waals surface area contributed by atoms with Gasteiger partial charge in [0.2, 0.25) is 0 Å². The van der Waals surface area contributed by atoms with Crippen LogP contribution in [0.25, 0.3) is 0 Å². The molecule has 11 heteroatoms. The van der Waals surface area contributed by atoms with E-state index in [1.165, 1.54) is 0 Å². The number of methoxy groups -OCH3 is 1. The average molecular weight is 897 g/mol. The van der Waals surface area contributed by atoms with Crippen molar-refractivity contribution in [2.75, 3.05) is 20.3 Å².